The highest BCUT2D eigenvalue weighted by Gasteiger charge is 2.14. The van der Waals surface area contributed by atoms with Crippen molar-refractivity contribution in [2.24, 2.45) is 0 Å². The van der Waals surface area contributed by atoms with Gasteiger partial charge in [-0.15, -0.1) is 0 Å². The van der Waals surface area contributed by atoms with E-state index in [4.69, 9.17) is 11.6 Å². The van der Waals surface area contributed by atoms with E-state index in [1.807, 2.05) is 62.5 Å². The standard InChI is InChI=1S/C19H17BrClN3O/c1-12-3-4-13(2)16(9-12)19(25)22-18-17(20)11-24(23-18)10-14-5-7-15(21)8-6-14/h3-9,11H,10H2,1-2H3,(H,22,23,25). The topological polar surface area (TPSA) is 46.9 Å². The van der Waals surface area contributed by atoms with Crippen LogP contribution in [0.5, 0.6) is 0 Å². The minimum Gasteiger partial charge on any atom is -0.304 e. The third-order valence-electron chi connectivity index (χ3n) is 3.84. The van der Waals surface area contributed by atoms with Crippen LogP contribution in [0.25, 0.3) is 0 Å². The Balaban J connectivity index is 1.77. The number of anilines is 1. The highest BCUT2D eigenvalue weighted by molar-refractivity contribution is 9.10. The van der Waals surface area contributed by atoms with Crippen LogP contribution in [0.2, 0.25) is 5.02 Å². The maximum Gasteiger partial charge on any atom is 0.257 e. The fourth-order valence-electron chi connectivity index (χ4n) is 2.49. The van der Waals surface area contributed by atoms with Crippen LogP contribution in [0.4, 0.5) is 5.82 Å². The van der Waals surface area contributed by atoms with E-state index in [1.54, 1.807) is 4.68 Å². The van der Waals surface area contributed by atoms with Gasteiger partial charge in [0.15, 0.2) is 5.82 Å². The molecular formula is C19H17BrClN3O. The summed E-state index contributed by atoms with van der Waals surface area (Å²) >= 11 is 9.36. The number of halogens is 2. The zero-order chi connectivity index (χ0) is 18.0. The largest absolute Gasteiger partial charge is 0.304 e. The first-order valence-corrected chi connectivity index (χ1v) is 8.95. The second-order valence-electron chi connectivity index (χ2n) is 5.92. The van der Waals surface area contributed by atoms with E-state index < -0.39 is 0 Å². The molecule has 0 saturated carbocycles. The molecule has 0 saturated heterocycles. The Kier molecular flexibility index (Phi) is 5.25. The molecule has 1 aromatic heterocycles. The lowest BCUT2D eigenvalue weighted by Gasteiger charge is -2.07. The normalized spacial score (nSPS) is 10.7. The molecule has 0 spiro atoms. The van der Waals surface area contributed by atoms with E-state index in [0.29, 0.717) is 22.9 Å². The number of amides is 1. The van der Waals surface area contributed by atoms with Crippen molar-refractivity contribution in [1.29, 1.82) is 0 Å². The van der Waals surface area contributed by atoms with E-state index in [0.717, 1.165) is 21.2 Å². The summed E-state index contributed by atoms with van der Waals surface area (Å²) in [6, 6.07) is 13.4. The van der Waals surface area contributed by atoms with Gasteiger partial charge in [0, 0.05) is 16.8 Å². The van der Waals surface area contributed by atoms with Crippen molar-refractivity contribution in [2.45, 2.75) is 20.4 Å². The van der Waals surface area contributed by atoms with Crippen LogP contribution in [0, 0.1) is 13.8 Å². The zero-order valence-corrected chi connectivity index (χ0v) is 16.2. The monoisotopic (exact) mass is 417 g/mol. The molecule has 25 heavy (non-hydrogen) atoms. The summed E-state index contributed by atoms with van der Waals surface area (Å²) in [6.45, 7) is 4.48. The van der Waals surface area contributed by atoms with Crippen LogP contribution < -0.4 is 5.32 Å². The lowest BCUT2D eigenvalue weighted by Crippen LogP contribution is -2.14. The van der Waals surface area contributed by atoms with Crippen LogP contribution >= 0.6 is 27.5 Å². The number of nitrogens with one attached hydrogen (secondary N) is 1. The average molecular weight is 419 g/mol. The molecule has 1 amide bonds. The number of rotatable bonds is 4. The zero-order valence-electron chi connectivity index (χ0n) is 13.9. The average Bonchev–Trinajstić information content (AvgIpc) is 2.91. The predicted octanol–water partition coefficient (Wildman–Crippen LogP) is 5.22. The quantitative estimate of drug-likeness (QED) is 0.631. The van der Waals surface area contributed by atoms with Crippen LogP contribution in [0.15, 0.2) is 53.1 Å². The predicted molar refractivity (Wildman–Crippen MR) is 104 cm³/mol. The van der Waals surface area contributed by atoms with Crippen molar-refractivity contribution < 1.29 is 4.79 Å². The highest BCUT2D eigenvalue weighted by atomic mass is 79.9. The summed E-state index contributed by atoms with van der Waals surface area (Å²) in [5, 5.41) is 8.02. The Morgan fingerprint density at radius 2 is 1.92 bits per heavy atom. The molecule has 6 heteroatoms. The summed E-state index contributed by atoms with van der Waals surface area (Å²) in [5.41, 5.74) is 3.70. The molecule has 0 unspecified atom stereocenters. The third-order valence-corrected chi connectivity index (χ3v) is 4.68. The summed E-state index contributed by atoms with van der Waals surface area (Å²) in [6.07, 6.45) is 1.84. The number of nitrogens with zero attached hydrogens (tertiary/aromatic N) is 2. The lowest BCUT2D eigenvalue weighted by molar-refractivity contribution is 0.102. The molecule has 0 atom stereocenters. The summed E-state index contributed by atoms with van der Waals surface area (Å²) in [7, 11) is 0. The van der Waals surface area contributed by atoms with Gasteiger partial charge in [-0.25, -0.2) is 0 Å². The third kappa shape index (κ3) is 4.30. The van der Waals surface area contributed by atoms with Crippen LogP contribution in [-0.2, 0) is 6.54 Å². The molecule has 0 aliphatic rings. The van der Waals surface area contributed by atoms with Gasteiger partial charge in [0.1, 0.15) is 0 Å². The number of hydrogen-bond acceptors (Lipinski definition) is 2. The Morgan fingerprint density at radius 1 is 1.20 bits per heavy atom. The molecule has 0 aliphatic carbocycles. The van der Waals surface area contributed by atoms with Crippen molar-refractivity contribution in [2.75, 3.05) is 5.32 Å². The highest BCUT2D eigenvalue weighted by Crippen LogP contribution is 2.22. The van der Waals surface area contributed by atoms with Crippen LogP contribution in [0.3, 0.4) is 0 Å². The number of aryl methyl sites for hydroxylation is 2. The minimum absolute atomic E-state index is 0.168. The van der Waals surface area contributed by atoms with Crippen molar-refractivity contribution in [1.82, 2.24) is 9.78 Å². The van der Waals surface area contributed by atoms with Crippen molar-refractivity contribution in [3.05, 3.63) is 80.4 Å². The second-order valence-corrected chi connectivity index (χ2v) is 7.21. The van der Waals surface area contributed by atoms with Gasteiger partial charge in [-0.2, -0.15) is 5.10 Å². The molecular weight excluding hydrogens is 402 g/mol. The van der Waals surface area contributed by atoms with Crippen LogP contribution in [-0.4, -0.2) is 15.7 Å². The SMILES string of the molecule is Cc1ccc(C)c(C(=O)Nc2nn(Cc3ccc(Cl)cc3)cc2Br)c1. The van der Waals surface area contributed by atoms with E-state index >= 15 is 0 Å². The summed E-state index contributed by atoms with van der Waals surface area (Å²) in [5.74, 6) is 0.332. The van der Waals surface area contributed by atoms with E-state index in [-0.39, 0.29) is 5.91 Å². The number of carbonyl (C=O) groups excluding carboxylic acids is 1. The Morgan fingerprint density at radius 3 is 2.64 bits per heavy atom. The maximum atomic E-state index is 12.5. The van der Waals surface area contributed by atoms with Gasteiger partial charge in [-0.3, -0.25) is 9.48 Å². The second kappa shape index (κ2) is 7.42. The number of aromatic nitrogens is 2. The van der Waals surface area contributed by atoms with Gasteiger partial charge in [0.25, 0.3) is 5.91 Å². The van der Waals surface area contributed by atoms with Gasteiger partial charge >= 0.3 is 0 Å². The van der Waals surface area contributed by atoms with Gasteiger partial charge in [0.05, 0.1) is 11.0 Å². The maximum absolute atomic E-state index is 12.5. The first kappa shape index (κ1) is 17.7. The minimum atomic E-state index is -0.168. The molecule has 4 nitrogen and oxygen atoms in total. The van der Waals surface area contributed by atoms with Gasteiger partial charge in [0.2, 0.25) is 0 Å². The molecule has 1 heterocycles. The van der Waals surface area contributed by atoms with Gasteiger partial charge in [-0.05, 0) is 59.1 Å². The fraction of sp³-hybridized carbons (Fsp3) is 0.158. The molecule has 0 aliphatic heterocycles. The number of carbonyl (C=O) groups is 1. The molecule has 2 aromatic carbocycles. The molecule has 0 radical (unpaired) electrons. The van der Waals surface area contributed by atoms with E-state index in [1.165, 1.54) is 0 Å². The first-order valence-electron chi connectivity index (χ1n) is 7.78. The smallest absolute Gasteiger partial charge is 0.257 e. The van der Waals surface area contributed by atoms with Crippen molar-refractivity contribution in [3.63, 3.8) is 0 Å². The number of hydrogen-bond donors (Lipinski definition) is 1. The van der Waals surface area contributed by atoms with Crippen molar-refractivity contribution >= 4 is 39.3 Å². The molecule has 0 fully saturated rings. The molecule has 0 bridgehead atoms. The first-order chi connectivity index (χ1) is 11.9. The molecule has 3 rings (SSSR count). The Hall–Kier alpha value is -2.11. The summed E-state index contributed by atoms with van der Waals surface area (Å²) in [4.78, 5) is 12.5. The number of benzene rings is 2. The summed E-state index contributed by atoms with van der Waals surface area (Å²) < 4.78 is 2.51. The lowest BCUT2D eigenvalue weighted by atomic mass is 10.1. The Labute approximate surface area is 159 Å². The van der Waals surface area contributed by atoms with Crippen LogP contribution in [0.1, 0.15) is 27.0 Å². The molecule has 3 aromatic rings. The van der Waals surface area contributed by atoms with Gasteiger partial charge < -0.3 is 5.32 Å². The fourth-order valence-corrected chi connectivity index (χ4v) is 3.04. The molecule has 128 valence electrons. The van der Waals surface area contributed by atoms with Crippen molar-refractivity contribution in [3.8, 4) is 0 Å². The molecule has 1 N–H and O–H groups in total. The van der Waals surface area contributed by atoms with Gasteiger partial charge in [-0.1, -0.05) is 41.4 Å². The Bertz CT molecular complexity index is 919. The van der Waals surface area contributed by atoms with E-state index in [9.17, 15) is 4.79 Å². The van der Waals surface area contributed by atoms with E-state index in [2.05, 4.69) is 26.3 Å².